The fraction of sp³-hybridized carbons (Fsp3) is 0.235. The minimum Gasteiger partial charge on any atom is -0.465 e. The van der Waals surface area contributed by atoms with E-state index in [9.17, 15) is 4.79 Å². The van der Waals surface area contributed by atoms with Crippen molar-refractivity contribution in [3.63, 3.8) is 0 Å². The van der Waals surface area contributed by atoms with Crippen LogP contribution in [0.3, 0.4) is 0 Å². The molecule has 2 rings (SSSR count). The van der Waals surface area contributed by atoms with Crippen LogP contribution in [0.2, 0.25) is 0 Å². The van der Waals surface area contributed by atoms with E-state index in [0.29, 0.717) is 5.56 Å². The van der Waals surface area contributed by atoms with Gasteiger partial charge in [0.25, 0.3) is 0 Å². The minimum absolute atomic E-state index is 0.249. The molecule has 0 heterocycles. The highest BCUT2D eigenvalue weighted by atomic mass is 16.5. The number of aryl methyl sites for hydroxylation is 3. The van der Waals surface area contributed by atoms with Crippen molar-refractivity contribution in [2.24, 2.45) is 0 Å². The van der Waals surface area contributed by atoms with E-state index in [1.807, 2.05) is 43.3 Å². The molecule has 0 atom stereocenters. The highest BCUT2D eigenvalue weighted by Gasteiger charge is 2.14. The van der Waals surface area contributed by atoms with Crippen LogP contribution in [-0.2, 0) is 17.6 Å². The summed E-state index contributed by atoms with van der Waals surface area (Å²) in [5, 5.41) is 0. The second kappa shape index (κ2) is 6.19. The maximum absolute atomic E-state index is 11.8. The SMILES string of the molecule is COC(=O)c1c(C)cccc1CCc1ccccc1. The van der Waals surface area contributed by atoms with Crippen LogP contribution in [0.4, 0.5) is 0 Å². The zero-order valence-corrected chi connectivity index (χ0v) is 11.3. The predicted molar refractivity (Wildman–Crippen MR) is 76.4 cm³/mol. The summed E-state index contributed by atoms with van der Waals surface area (Å²) in [5.41, 5.74) is 4.01. The molecule has 2 heteroatoms. The quantitative estimate of drug-likeness (QED) is 0.780. The molecule has 2 aromatic carbocycles. The van der Waals surface area contributed by atoms with E-state index in [1.165, 1.54) is 12.7 Å². The molecule has 2 nitrogen and oxygen atoms in total. The lowest BCUT2D eigenvalue weighted by atomic mass is 9.96. The molecule has 0 bridgehead atoms. The second-order valence-corrected chi connectivity index (χ2v) is 4.59. The monoisotopic (exact) mass is 254 g/mol. The number of rotatable bonds is 4. The molecule has 0 unspecified atom stereocenters. The second-order valence-electron chi connectivity index (χ2n) is 4.59. The van der Waals surface area contributed by atoms with E-state index >= 15 is 0 Å². The van der Waals surface area contributed by atoms with Crippen molar-refractivity contribution >= 4 is 5.97 Å². The number of esters is 1. The summed E-state index contributed by atoms with van der Waals surface area (Å²) in [4.78, 5) is 11.8. The molecule has 0 aromatic heterocycles. The summed E-state index contributed by atoms with van der Waals surface area (Å²) in [7, 11) is 1.43. The third kappa shape index (κ3) is 3.22. The van der Waals surface area contributed by atoms with Gasteiger partial charge in [0.1, 0.15) is 0 Å². The summed E-state index contributed by atoms with van der Waals surface area (Å²) >= 11 is 0. The van der Waals surface area contributed by atoms with E-state index in [2.05, 4.69) is 12.1 Å². The number of benzene rings is 2. The molecule has 0 radical (unpaired) electrons. The number of hydrogen-bond acceptors (Lipinski definition) is 2. The first-order valence-electron chi connectivity index (χ1n) is 6.43. The Labute approximate surface area is 114 Å². The Kier molecular flexibility index (Phi) is 4.35. The molecule has 0 N–H and O–H groups in total. The van der Waals surface area contributed by atoms with Crippen molar-refractivity contribution in [3.05, 3.63) is 70.8 Å². The first-order chi connectivity index (χ1) is 9.22. The van der Waals surface area contributed by atoms with Gasteiger partial charge in [-0.2, -0.15) is 0 Å². The highest BCUT2D eigenvalue weighted by Crippen LogP contribution is 2.17. The fourth-order valence-electron chi connectivity index (χ4n) is 2.25. The van der Waals surface area contributed by atoms with Gasteiger partial charge in [0, 0.05) is 0 Å². The fourth-order valence-corrected chi connectivity index (χ4v) is 2.25. The van der Waals surface area contributed by atoms with Gasteiger partial charge in [0.2, 0.25) is 0 Å². The van der Waals surface area contributed by atoms with Gasteiger partial charge in [0.05, 0.1) is 12.7 Å². The van der Waals surface area contributed by atoms with Crippen LogP contribution in [0.15, 0.2) is 48.5 Å². The lowest BCUT2D eigenvalue weighted by Gasteiger charge is -2.10. The Morgan fingerprint density at radius 3 is 2.42 bits per heavy atom. The molecule has 0 saturated heterocycles. The van der Waals surface area contributed by atoms with Crippen LogP contribution in [0.1, 0.15) is 27.0 Å². The molecule has 0 saturated carbocycles. The molecular weight excluding hydrogens is 236 g/mol. The molecule has 19 heavy (non-hydrogen) atoms. The molecule has 0 amide bonds. The van der Waals surface area contributed by atoms with Crippen molar-refractivity contribution in [2.45, 2.75) is 19.8 Å². The van der Waals surface area contributed by atoms with Gasteiger partial charge in [0.15, 0.2) is 0 Å². The smallest absolute Gasteiger partial charge is 0.338 e. The molecular formula is C17H18O2. The summed E-state index contributed by atoms with van der Waals surface area (Å²) in [6, 6.07) is 16.2. The van der Waals surface area contributed by atoms with E-state index in [4.69, 9.17) is 4.74 Å². The Bertz CT molecular complexity index is 559. The maximum Gasteiger partial charge on any atom is 0.338 e. The van der Waals surface area contributed by atoms with Crippen LogP contribution in [0, 0.1) is 6.92 Å². The van der Waals surface area contributed by atoms with Crippen molar-refractivity contribution in [1.29, 1.82) is 0 Å². The zero-order valence-electron chi connectivity index (χ0n) is 11.3. The Morgan fingerprint density at radius 2 is 1.74 bits per heavy atom. The standard InChI is InChI=1S/C17H18O2/c1-13-7-6-10-15(16(13)17(18)19-2)12-11-14-8-4-3-5-9-14/h3-10H,11-12H2,1-2H3. The average Bonchev–Trinajstić information content (AvgIpc) is 2.45. The van der Waals surface area contributed by atoms with Gasteiger partial charge < -0.3 is 4.74 Å². The van der Waals surface area contributed by atoms with Crippen LogP contribution in [0.25, 0.3) is 0 Å². The van der Waals surface area contributed by atoms with Gasteiger partial charge in [-0.3, -0.25) is 0 Å². The average molecular weight is 254 g/mol. The molecule has 0 spiro atoms. The van der Waals surface area contributed by atoms with Crippen LogP contribution in [0.5, 0.6) is 0 Å². The Balaban J connectivity index is 2.21. The number of carbonyl (C=O) groups excluding carboxylic acids is 1. The molecule has 98 valence electrons. The van der Waals surface area contributed by atoms with Crippen molar-refractivity contribution in [2.75, 3.05) is 7.11 Å². The number of ether oxygens (including phenoxy) is 1. The van der Waals surface area contributed by atoms with Crippen LogP contribution >= 0.6 is 0 Å². The number of methoxy groups -OCH3 is 1. The van der Waals surface area contributed by atoms with Gasteiger partial charge in [-0.1, -0.05) is 48.5 Å². The van der Waals surface area contributed by atoms with Gasteiger partial charge in [-0.05, 0) is 36.5 Å². The first kappa shape index (κ1) is 13.3. The zero-order chi connectivity index (χ0) is 13.7. The third-order valence-electron chi connectivity index (χ3n) is 3.27. The van der Waals surface area contributed by atoms with Crippen LogP contribution in [-0.4, -0.2) is 13.1 Å². The van der Waals surface area contributed by atoms with E-state index in [0.717, 1.165) is 24.0 Å². The van der Waals surface area contributed by atoms with E-state index in [-0.39, 0.29) is 5.97 Å². The topological polar surface area (TPSA) is 26.3 Å². The molecule has 0 aliphatic carbocycles. The summed E-state index contributed by atoms with van der Waals surface area (Å²) in [6.45, 7) is 1.94. The van der Waals surface area contributed by atoms with Crippen molar-refractivity contribution in [3.8, 4) is 0 Å². The number of hydrogen-bond donors (Lipinski definition) is 0. The molecule has 0 aliphatic heterocycles. The first-order valence-corrected chi connectivity index (χ1v) is 6.43. The van der Waals surface area contributed by atoms with Gasteiger partial charge in [-0.25, -0.2) is 4.79 Å². The highest BCUT2D eigenvalue weighted by molar-refractivity contribution is 5.92. The lowest BCUT2D eigenvalue weighted by molar-refractivity contribution is 0.0598. The normalized spacial score (nSPS) is 10.2. The summed E-state index contributed by atoms with van der Waals surface area (Å²) in [6.07, 6.45) is 1.77. The Hall–Kier alpha value is -2.09. The number of carbonyl (C=O) groups is 1. The summed E-state index contributed by atoms with van der Waals surface area (Å²) in [5.74, 6) is -0.249. The largest absolute Gasteiger partial charge is 0.465 e. The molecule has 0 aliphatic rings. The minimum atomic E-state index is -0.249. The molecule has 0 fully saturated rings. The maximum atomic E-state index is 11.8. The van der Waals surface area contributed by atoms with E-state index in [1.54, 1.807) is 0 Å². The van der Waals surface area contributed by atoms with Crippen LogP contribution < -0.4 is 0 Å². The van der Waals surface area contributed by atoms with E-state index < -0.39 is 0 Å². The molecule has 2 aromatic rings. The lowest BCUT2D eigenvalue weighted by Crippen LogP contribution is -2.09. The third-order valence-corrected chi connectivity index (χ3v) is 3.27. The van der Waals surface area contributed by atoms with Crippen molar-refractivity contribution < 1.29 is 9.53 Å². The predicted octanol–water partition coefficient (Wildman–Crippen LogP) is 3.57. The summed E-state index contributed by atoms with van der Waals surface area (Å²) < 4.78 is 4.87. The Morgan fingerprint density at radius 1 is 1.00 bits per heavy atom. The van der Waals surface area contributed by atoms with Crippen molar-refractivity contribution in [1.82, 2.24) is 0 Å². The van der Waals surface area contributed by atoms with Gasteiger partial charge >= 0.3 is 5.97 Å². The van der Waals surface area contributed by atoms with Gasteiger partial charge in [-0.15, -0.1) is 0 Å².